The molecular weight excluding hydrogens is 422 g/mol. The van der Waals surface area contributed by atoms with Gasteiger partial charge in [0.1, 0.15) is 0 Å². The van der Waals surface area contributed by atoms with Crippen LogP contribution in [0.15, 0.2) is 109 Å². The smallest absolute Gasteiger partial charge is 0.261 e. The molecule has 5 rings (SSSR count). The lowest BCUT2D eigenvalue weighted by molar-refractivity contribution is 0.0364. The number of imide groups is 1. The highest BCUT2D eigenvalue weighted by molar-refractivity contribution is 6.21. The first kappa shape index (κ1) is 21.8. The topological polar surface area (TPSA) is 46.6 Å². The maximum absolute atomic E-state index is 13.2. The van der Waals surface area contributed by atoms with Gasteiger partial charge in [0.25, 0.3) is 11.8 Å². The van der Waals surface area contributed by atoms with Gasteiger partial charge >= 0.3 is 0 Å². The van der Waals surface area contributed by atoms with E-state index < -0.39 is 6.04 Å². The van der Waals surface area contributed by atoms with Crippen molar-refractivity contribution in [1.29, 1.82) is 0 Å². The Labute approximate surface area is 199 Å². The summed E-state index contributed by atoms with van der Waals surface area (Å²) in [7, 11) is 0. The monoisotopic (exact) mass is 447 g/mol. The van der Waals surface area contributed by atoms with Gasteiger partial charge in [0.05, 0.1) is 30.4 Å². The summed E-state index contributed by atoms with van der Waals surface area (Å²) in [6.07, 6.45) is 0.523. The SMILES string of the molecule is O=C1c2ccccc2C(=O)N1[C@@H](COCc1ccccc1)Cc1ccc(-c2ccccc2)cc1. The first-order chi connectivity index (χ1) is 16.7. The summed E-state index contributed by atoms with van der Waals surface area (Å²) in [6, 6.07) is 35.0. The maximum Gasteiger partial charge on any atom is 0.261 e. The lowest BCUT2D eigenvalue weighted by Gasteiger charge is -2.26. The number of rotatable bonds is 8. The standard InChI is InChI=1S/C30H25NO3/c32-29-27-13-7-8-14-28(27)30(33)31(29)26(21-34-20-23-9-3-1-4-10-23)19-22-15-17-25(18-16-22)24-11-5-2-6-12-24/h1-18,26H,19-21H2/t26-/m1/s1. The summed E-state index contributed by atoms with van der Waals surface area (Å²) in [5.41, 5.74) is 5.29. The highest BCUT2D eigenvalue weighted by Crippen LogP contribution is 2.27. The zero-order valence-corrected chi connectivity index (χ0v) is 18.8. The summed E-state index contributed by atoms with van der Waals surface area (Å²) >= 11 is 0. The Hall–Kier alpha value is -4.02. The molecule has 0 saturated carbocycles. The molecular formula is C30H25NO3. The van der Waals surface area contributed by atoms with Crippen LogP contribution in [0, 0.1) is 0 Å². The van der Waals surface area contributed by atoms with E-state index >= 15 is 0 Å². The molecule has 0 aliphatic carbocycles. The van der Waals surface area contributed by atoms with Crippen molar-refractivity contribution >= 4 is 11.8 Å². The number of nitrogens with zero attached hydrogens (tertiary/aromatic N) is 1. The van der Waals surface area contributed by atoms with Gasteiger partial charge in [-0.05, 0) is 40.8 Å². The minimum atomic E-state index is -0.404. The predicted molar refractivity (Wildman–Crippen MR) is 132 cm³/mol. The Kier molecular flexibility index (Phi) is 6.32. The fraction of sp³-hybridized carbons (Fsp3) is 0.133. The second-order valence-electron chi connectivity index (χ2n) is 8.45. The summed E-state index contributed by atoms with van der Waals surface area (Å²) in [6.45, 7) is 0.689. The van der Waals surface area contributed by atoms with E-state index in [1.165, 1.54) is 4.90 Å². The van der Waals surface area contributed by atoms with Crippen molar-refractivity contribution in [3.63, 3.8) is 0 Å². The van der Waals surface area contributed by atoms with Crippen LogP contribution in [0.4, 0.5) is 0 Å². The number of carbonyl (C=O) groups is 2. The Morgan fingerprint density at radius 2 is 1.12 bits per heavy atom. The Bertz CT molecular complexity index is 1250. The molecule has 1 atom stereocenters. The average molecular weight is 448 g/mol. The van der Waals surface area contributed by atoms with Crippen LogP contribution in [0.5, 0.6) is 0 Å². The highest BCUT2D eigenvalue weighted by atomic mass is 16.5. The summed E-state index contributed by atoms with van der Waals surface area (Å²) < 4.78 is 6.01. The Morgan fingerprint density at radius 1 is 0.588 bits per heavy atom. The van der Waals surface area contributed by atoms with Gasteiger partial charge in [0.2, 0.25) is 0 Å². The molecule has 0 spiro atoms. The number of ether oxygens (including phenoxy) is 1. The molecule has 0 unspecified atom stereocenters. The van der Waals surface area contributed by atoms with Crippen LogP contribution in [0.3, 0.4) is 0 Å². The van der Waals surface area contributed by atoms with Gasteiger partial charge in [-0.25, -0.2) is 0 Å². The van der Waals surface area contributed by atoms with Gasteiger partial charge in [-0.2, -0.15) is 0 Å². The van der Waals surface area contributed by atoms with E-state index in [0.717, 1.165) is 22.3 Å². The number of fused-ring (bicyclic) bond motifs is 1. The van der Waals surface area contributed by atoms with Gasteiger partial charge in [0, 0.05) is 0 Å². The van der Waals surface area contributed by atoms with Crippen molar-refractivity contribution < 1.29 is 14.3 Å². The number of carbonyl (C=O) groups excluding carboxylic acids is 2. The molecule has 1 heterocycles. The lowest BCUT2D eigenvalue weighted by atomic mass is 10.00. The Morgan fingerprint density at radius 3 is 1.74 bits per heavy atom. The first-order valence-corrected chi connectivity index (χ1v) is 11.4. The molecule has 0 saturated heterocycles. The average Bonchev–Trinajstić information content (AvgIpc) is 3.15. The maximum atomic E-state index is 13.2. The summed E-state index contributed by atoms with van der Waals surface area (Å²) in [5, 5.41) is 0. The van der Waals surface area contributed by atoms with Crippen molar-refractivity contribution in [3.05, 3.63) is 131 Å². The molecule has 1 aliphatic rings. The van der Waals surface area contributed by atoms with Gasteiger partial charge in [-0.3, -0.25) is 14.5 Å². The molecule has 34 heavy (non-hydrogen) atoms. The van der Waals surface area contributed by atoms with Gasteiger partial charge in [-0.15, -0.1) is 0 Å². The molecule has 2 amide bonds. The summed E-state index contributed by atoms with van der Waals surface area (Å²) in [4.78, 5) is 27.7. The first-order valence-electron chi connectivity index (χ1n) is 11.4. The van der Waals surface area contributed by atoms with E-state index in [9.17, 15) is 9.59 Å². The van der Waals surface area contributed by atoms with Crippen molar-refractivity contribution in [2.45, 2.75) is 19.1 Å². The van der Waals surface area contributed by atoms with E-state index in [1.54, 1.807) is 24.3 Å². The van der Waals surface area contributed by atoms with Crippen molar-refractivity contribution in [1.82, 2.24) is 4.90 Å². The fourth-order valence-electron chi connectivity index (χ4n) is 4.39. The molecule has 0 bridgehead atoms. The number of hydrogen-bond donors (Lipinski definition) is 0. The molecule has 0 radical (unpaired) electrons. The fourth-order valence-corrected chi connectivity index (χ4v) is 4.39. The van der Waals surface area contributed by atoms with E-state index in [1.807, 2.05) is 48.5 Å². The van der Waals surface area contributed by atoms with Crippen molar-refractivity contribution in [2.75, 3.05) is 6.61 Å². The van der Waals surface area contributed by atoms with Crippen LogP contribution in [-0.4, -0.2) is 29.4 Å². The van der Waals surface area contributed by atoms with E-state index in [0.29, 0.717) is 24.2 Å². The van der Waals surface area contributed by atoms with Crippen LogP contribution in [0.1, 0.15) is 31.8 Å². The molecule has 4 nitrogen and oxygen atoms in total. The molecule has 1 aliphatic heterocycles. The third-order valence-electron chi connectivity index (χ3n) is 6.14. The molecule has 4 heteroatoms. The van der Waals surface area contributed by atoms with E-state index in [2.05, 4.69) is 36.4 Å². The van der Waals surface area contributed by atoms with E-state index in [4.69, 9.17) is 4.74 Å². The van der Waals surface area contributed by atoms with Crippen LogP contribution < -0.4 is 0 Å². The van der Waals surface area contributed by atoms with Crippen molar-refractivity contribution in [2.24, 2.45) is 0 Å². The van der Waals surface area contributed by atoms with Crippen LogP contribution in [0.25, 0.3) is 11.1 Å². The molecule has 0 aromatic heterocycles. The molecule has 4 aromatic rings. The largest absolute Gasteiger partial charge is 0.375 e. The predicted octanol–water partition coefficient (Wildman–Crippen LogP) is 5.78. The quantitative estimate of drug-likeness (QED) is 0.322. The number of amides is 2. The van der Waals surface area contributed by atoms with Crippen LogP contribution in [-0.2, 0) is 17.8 Å². The molecule has 0 N–H and O–H groups in total. The third kappa shape index (κ3) is 4.54. The van der Waals surface area contributed by atoms with Gasteiger partial charge in [0.15, 0.2) is 0 Å². The van der Waals surface area contributed by atoms with Gasteiger partial charge < -0.3 is 4.74 Å². The molecule has 0 fully saturated rings. The third-order valence-corrected chi connectivity index (χ3v) is 6.14. The second kappa shape index (κ2) is 9.86. The molecule has 168 valence electrons. The number of benzene rings is 4. The number of hydrogen-bond acceptors (Lipinski definition) is 3. The summed E-state index contributed by atoms with van der Waals surface area (Å²) in [5.74, 6) is -0.510. The highest BCUT2D eigenvalue weighted by Gasteiger charge is 2.39. The zero-order chi connectivity index (χ0) is 23.3. The zero-order valence-electron chi connectivity index (χ0n) is 18.8. The van der Waals surface area contributed by atoms with Crippen molar-refractivity contribution in [3.8, 4) is 11.1 Å². The molecule has 4 aromatic carbocycles. The van der Waals surface area contributed by atoms with Gasteiger partial charge in [-0.1, -0.05) is 97.1 Å². The lowest BCUT2D eigenvalue weighted by Crippen LogP contribution is -2.44. The van der Waals surface area contributed by atoms with Crippen LogP contribution >= 0.6 is 0 Å². The normalized spacial score (nSPS) is 13.7. The minimum absolute atomic E-state index is 0.255. The second-order valence-corrected chi connectivity index (χ2v) is 8.45. The minimum Gasteiger partial charge on any atom is -0.375 e. The van der Waals surface area contributed by atoms with E-state index in [-0.39, 0.29) is 18.4 Å². The van der Waals surface area contributed by atoms with Crippen LogP contribution in [0.2, 0.25) is 0 Å². The Balaban J connectivity index is 1.37.